The third-order valence-corrected chi connectivity index (χ3v) is 4.97. The van der Waals surface area contributed by atoms with Gasteiger partial charge in [-0.25, -0.2) is 4.98 Å². The van der Waals surface area contributed by atoms with Gasteiger partial charge in [0.05, 0.1) is 12.8 Å². The molecule has 106 valence electrons. The standard InChI is InChI=1S/C14H22N2O2S/c1-5-14(6-2,12(17)18-4)11-8-19-13(16-11)15-10-7-9(10)3/h8-10H,5-7H2,1-4H3,(H,15,16). The number of carbonyl (C=O) groups excluding carboxylic acids is 1. The highest BCUT2D eigenvalue weighted by Crippen LogP contribution is 2.37. The third-order valence-electron chi connectivity index (χ3n) is 4.20. The van der Waals surface area contributed by atoms with Crippen LogP contribution in [0, 0.1) is 5.92 Å². The van der Waals surface area contributed by atoms with E-state index in [0.717, 1.165) is 16.7 Å². The fourth-order valence-electron chi connectivity index (χ4n) is 2.44. The van der Waals surface area contributed by atoms with E-state index in [1.165, 1.54) is 13.5 Å². The summed E-state index contributed by atoms with van der Waals surface area (Å²) < 4.78 is 4.98. The van der Waals surface area contributed by atoms with Gasteiger partial charge in [-0.1, -0.05) is 20.8 Å². The second kappa shape index (κ2) is 5.49. The van der Waals surface area contributed by atoms with Crippen molar-refractivity contribution in [2.75, 3.05) is 12.4 Å². The molecule has 1 aromatic heterocycles. The van der Waals surface area contributed by atoms with Crippen LogP contribution >= 0.6 is 11.3 Å². The Bertz CT molecular complexity index is 454. The van der Waals surface area contributed by atoms with Crippen LogP contribution in [0.25, 0.3) is 0 Å². The lowest BCUT2D eigenvalue weighted by Crippen LogP contribution is -2.36. The van der Waals surface area contributed by atoms with Crippen LogP contribution in [-0.2, 0) is 14.9 Å². The summed E-state index contributed by atoms with van der Waals surface area (Å²) in [6.07, 6.45) is 2.62. The maximum Gasteiger partial charge on any atom is 0.317 e. The third kappa shape index (κ3) is 2.61. The van der Waals surface area contributed by atoms with Gasteiger partial charge in [0.25, 0.3) is 0 Å². The van der Waals surface area contributed by atoms with Crippen molar-refractivity contribution in [3.05, 3.63) is 11.1 Å². The highest BCUT2D eigenvalue weighted by Gasteiger charge is 2.41. The van der Waals surface area contributed by atoms with Crippen molar-refractivity contribution in [3.8, 4) is 0 Å². The van der Waals surface area contributed by atoms with Gasteiger partial charge < -0.3 is 10.1 Å². The van der Waals surface area contributed by atoms with Gasteiger partial charge in [0.2, 0.25) is 0 Å². The van der Waals surface area contributed by atoms with Gasteiger partial charge in [0.1, 0.15) is 5.41 Å². The maximum absolute atomic E-state index is 12.1. The van der Waals surface area contributed by atoms with E-state index in [9.17, 15) is 4.79 Å². The number of anilines is 1. The highest BCUT2D eigenvalue weighted by molar-refractivity contribution is 7.13. The molecule has 1 fully saturated rings. The lowest BCUT2D eigenvalue weighted by molar-refractivity contribution is -0.148. The molecule has 1 heterocycles. The van der Waals surface area contributed by atoms with Crippen molar-refractivity contribution in [2.45, 2.75) is 51.5 Å². The van der Waals surface area contributed by atoms with E-state index in [2.05, 4.69) is 17.2 Å². The number of nitrogens with one attached hydrogen (secondary N) is 1. The average Bonchev–Trinajstić information content (AvgIpc) is 2.91. The lowest BCUT2D eigenvalue weighted by Gasteiger charge is -2.26. The summed E-state index contributed by atoms with van der Waals surface area (Å²) in [5.41, 5.74) is 0.241. The molecule has 0 aliphatic heterocycles. The molecule has 2 rings (SSSR count). The summed E-state index contributed by atoms with van der Waals surface area (Å²) in [5.74, 6) is 0.546. The summed E-state index contributed by atoms with van der Waals surface area (Å²) in [6, 6.07) is 0.551. The molecule has 0 radical (unpaired) electrons. The topological polar surface area (TPSA) is 51.2 Å². The van der Waals surface area contributed by atoms with E-state index in [-0.39, 0.29) is 5.97 Å². The van der Waals surface area contributed by atoms with Crippen molar-refractivity contribution in [2.24, 2.45) is 5.92 Å². The molecule has 0 aromatic carbocycles. The molecular formula is C14H22N2O2S. The maximum atomic E-state index is 12.1. The van der Waals surface area contributed by atoms with Crippen molar-refractivity contribution in [3.63, 3.8) is 0 Å². The van der Waals surface area contributed by atoms with Crippen molar-refractivity contribution in [1.29, 1.82) is 0 Å². The monoisotopic (exact) mass is 282 g/mol. The van der Waals surface area contributed by atoms with Crippen LogP contribution in [0.1, 0.15) is 45.7 Å². The Morgan fingerprint density at radius 2 is 2.21 bits per heavy atom. The number of carbonyl (C=O) groups is 1. The summed E-state index contributed by atoms with van der Waals surface area (Å²) in [7, 11) is 1.44. The summed E-state index contributed by atoms with van der Waals surface area (Å²) in [6.45, 7) is 6.24. The summed E-state index contributed by atoms with van der Waals surface area (Å²) in [4.78, 5) is 16.7. The van der Waals surface area contributed by atoms with Gasteiger partial charge in [0.15, 0.2) is 5.13 Å². The van der Waals surface area contributed by atoms with Crippen LogP contribution in [0.3, 0.4) is 0 Å². The highest BCUT2D eigenvalue weighted by atomic mass is 32.1. The minimum atomic E-state index is -0.597. The number of rotatable bonds is 6. The minimum Gasteiger partial charge on any atom is -0.468 e. The quantitative estimate of drug-likeness (QED) is 0.814. The Hall–Kier alpha value is -1.10. The molecule has 2 atom stereocenters. The molecule has 0 spiro atoms. The fraction of sp³-hybridized carbons (Fsp3) is 0.714. The Labute approximate surface area is 118 Å². The number of hydrogen-bond acceptors (Lipinski definition) is 5. The number of hydrogen-bond donors (Lipinski definition) is 1. The van der Waals surface area contributed by atoms with Crippen LogP contribution in [0.5, 0.6) is 0 Å². The predicted molar refractivity (Wildman–Crippen MR) is 77.6 cm³/mol. The summed E-state index contributed by atoms with van der Waals surface area (Å²) >= 11 is 1.58. The van der Waals surface area contributed by atoms with E-state index in [0.29, 0.717) is 18.9 Å². The molecule has 19 heavy (non-hydrogen) atoms. The molecule has 1 aliphatic carbocycles. The number of thiazole rings is 1. The Morgan fingerprint density at radius 3 is 2.68 bits per heavy atom. The molecule has 5 heteroatoms. The number of methoxy groups -OCH3 is 1. The second-order valence-electron chi connectivity index (χ2n) is 5.28. The minimum absolute atomic E-state index is 0.186. The first-order valence-electron chi connectivity index (χ1n) is 6.88. The normalized spacial score (nSPS) is 22.1. The SMILES string of the molecule is CCC(CC)(C(=O)OC)c1csc(NC2CC2C)n1. The molecule has 4 nitrogen and oxygen atoms in total. The van der Waals surface area contributed by atoms with Crippen molar-refractivity contribution >= 4 is 22.4 Å². The number of nitrogens with zero attached hydrogens (tertiary/aromatic N) is 1. The molecule has 1 saturated carbocycles. The van der Waals surface area contributed by atoms with Crippen LogP contribution in [0.4, 0.5) is 5.13 Å². The number of esters is 1. The Kier molecular flexibility index (Phi) is 4.13. The molecule has 1 aromatic rings. The van der Waals surface area contributed by atoms with Gasteiger partial charge in [-0.05, 0) is 25.2 Å². The first kappa shape index (κ1) is 14.3. The zero-order chi connectivity index (χ0) is 14.0. The lowest BCUT2D eigenvalue weighted by atomic mass is 9.80. The van der Waals surface area contributed by atoms with Gasteiger partial charge in [-0.2, -0.15) is 0 Å². The molecule has 1 aliphatic rings. The van der Waals surface area contributed by atoms with E-state index < -0.39 is 5.41 Å². The van der Waals surface area contributed by atoms with Gasteiger partial charge in [0, 0.05) is 11.4 Å². The van der Waals surface area contributed by atoms with Gasteiger partial charge >= 0.3 is 5.97 Å². The summed E-state index contributed by atoms with van der Waals surface area (Å²) in [5, 5.41) is 6.32. The molecular weight excluding hydrogens is 260 g/mol. The van der Waals surface area contributed by atoms with E-state index in [1.807, 2.05) is 19.2 Å². The van der Waals surface area contributed by atoms with Crippen LogP contribution in [0.2, 0.25) is 0 Å². The molecule has 0 amide bonds. The molecule has 2 unspecified atom stereocenters. The predicted octanol–water partition coefficient (Wildman–Crippen LogP) is 3.19. The Balaban J connectivity index is 2.20. The van der Waals surface area contributed by atoms with Crippen LogP contribution < -0.4 is 5.32 Å². The first-order valence-corrected chi connectivity index (χ1v) is 7.76. The molecule has 1 N–H and O–H groups in total. The van der Waals surface area contributed by atoms with Crippen LogP contribution in [0.15, 0.2) is 5.38 Å². The van der Waals surface area contributed by atoms with E-state index in [1.54, 1.807) is 11.3 Å². The van der Waals surface area contributed by atoms with Gasteiger partial charge in [-0.3, -0.25) is 4.79 Å². The number of aromatic nitrogens is 1. The van der Waals surface area contributed by atoms with Crippen molar-refractivity contribution < 1.29 is 9.53 Å². The first-order chi connectivity index (χ1) is 9.07. The molecule has 0 saturated heterocycles. The smallest absolute Gasteiger partial charge is 0.317 e. The van der Waals surface area contributed by atoms with E-state index in [4.69, 9.17) is 4.74 Å². The van der Waals surface area contributed by atoms with E-state index >= 15 is 0 Å². The zero-order valence-electron chi connectivity index (χ0n) is 12.0. The Morgan fingerprint density at radius 1 is 1.58 bits per heavy atom. The van der Waals surface area contributed by atoms with Crippen molar-refractivity contribution in [1.82, 2.24) is 4.98 Å². The average molecular weight is 282 g/mol. The zero-order valence-corrected chi connectivity index (χ0v) is 12.8. The number of ether oxygens (including phenoxy) is 1. The van der Waals surface area contributed by atoms with Gasteiger partial charge in [-0.15, -0.1) is 11.3 Å². The largest absolute Gasteiger partial charge is 0.468 e. The second-order valence-corrected chi connectivity index (χ2v) is 6.14. The van der Waals surface area contributed by atoms with Crippen LogP contribution in [-0.4, -0.2) is 24.1 Å². The fourth-order valence-corrected chi connectivity index (χ4v) is 3.31. The molecule has 0 bridgehead atoms.